The van der Waals surface area contributed by atoms with Gasteiger partial charge in [0.25, 0.3) is 0 Å². The first kappa shape index (κ1) is 12.1. The molecule has 2 saturated heterocycles. The van der Waals surface area contributed by atoms with Gasteiger partial charge in [-0.15, -0.1) is 23.5 Å². The molecule has 0 radical (unpaired) electrons. The van der Waals surface area contributed by atoms with Crippen LogP contribution < -0.4 is 10.7 Å². The third-order valence-corrected chi connectivity index (χ3v) is 7.97. The first-order valence-electron chi connectivity index (χ1n) is 6.88. The SMILES string of the molecule is S=C(N[C@H]1C[C@@H]2CC[C@H]1C2)NN1[C@@H]2CS[C@H]1CS2. The van der Waals surface area contributed by atoms with E-state index in [0.29, 0.717) is 16.8 Å². The number of rotatable bonds is 2. The zero-order valence-electron chi connectivity index (χ0n) is 10.3. The van der Waals surface area contributed by atoms with Gasteiger partial charge in [0.1, 0.15) is 0 Å². The first-order valence-corrected chi connectivity index (χ1v) is 9.39. The average molecular weight is 302 g/mol. The zero-order valence-corrected chi connectivity index (χ0v) is 12.8. The average Bonchev–Trinajstić information content (AvgIpc) is 3.11. The van der Waals surface area contributed by atoms with Gasteiger partial charge in [0.15, 0.2) is 5.11 Å². The van der Waals surface area contributed by atoms with Crippen molar-refractivity contribution >= 4 is 40.9 Å². The Labute approximate surface area is 122 Å². The molecule has 2 N–H and O–H groups in total. The highest BCUT2D eigenvalue weighted by Crippen LogP contribution is 2.45. The monoisotopic (exact) mass is 301 g/mol. The fourth-order valence-corrected chi connectivity index (χ4v) is 7.26. The Morgan fingerprint density at radius 3 is 2.44 bits per heavy atom. The fourth-order valence-electron chi connectivity index (χ4n) is 3.87. The predicted molar refractivity (Wildman–Crippen MR) is 82.4 cm³/mol. The van der Waals surface area contributed by atoms with E-state index in [9.17, 15) is 0 Å². The molecule has 0 aromatic carbocycles. The summed E-state index contributed by atoms with van der Waals surface area (Å²) < 4.78 is 0. The second-order valence-electron chi connectivity index (χ2n) is 5.85. The summed E-state index contributed by atoms with van der Waals surface area (Å²) in [7, 11) is 0. The third-order valence-electron chi connectivity index (χ3n) is 4.77. The van der Waals surface area contributed by atoms with E-state index >= 15 is 0 Å². The number of nitrogens with one attached hydrogen (secondary N) is 2. The van der Waals surface area contributed by atoms with Gasteiger partial charge in [-0.2, -0.15) is 5.01 Å². The Kier molecular flexibility index (Phi) is 3.18. The molecule has 0 aromatic rings. The topological polar surface area (TPSA) is 27.3 Å². The van der Waals surface area contributed by atoms with Crippen molar-refractivity contribution in [2.75, 3.05) is 11.5 Å². The summed E-state index contributed by atoms with van der Waals surface area (Å²) in [6, 6.07) is 0.643. The first-order chi connectivity index (χ1) is 8.79. The summed E-state index contributed by atoms with van der Waals surface area (Å²) in [6.07, 6.45) is 5.63. The molecule has 0 spiro atoms. The quantitative estimate of drug-likeness (QED) is 0.758. The van der Waals surface area contributed by atoms with Gasteiger partial charge in [0, 0.05) is 17.5 Å². The summed E-state index contributed by atoms with van der Waals surface area (Å²) in [5, 5.41) is 8.03. The molecule has 2 heterocycles. The molecule has 5 atom stereocenters. The summed E-state index contributed by atoms with van der Waals surface area (Å²) in [6.45, 7) is 0. The van der Waals surface area contributed by atoms with Gasteiger partial charge in [-0.05, 0) is 43.3 Å². The van der Waals surface area contributed by atoms with E-state index in [1.807, 2.05) is 0 Å². The van der Waals surface area contributed by atoms with Crippen LogP contribution in [0.3, 0.4) is 0 Å². The molecule has 0 aromatic heterocycles. The molecule has 4 fully saturated rings. The van der Waals surface area contributed by atoms with E-state index < -0.39 is 0 Å². The minimum Gasteiger partial charge on any atom is -0.359 e. The smallest absolute Gasteiger partial charge is 0.181 e. The molecular formula is C12H19N3S3. The highest BCUT2D eigenvalue weighted by Gasteiger charge is 2.43. The van der Waals surface area contributed by atoms with Crippen LogP contribution in [-0.4, -0.2) is 38.4 Å². The minimum absolute atomic E-state index is 0.625. The Hall–Kier alpha value is 0.350. The Bertz CT molecular complexity index is 344. The lowest BCUT2D eigenvalue weighted by molar-refractivity contribution is 0.250. The van der Waals surface area contributed by atoms with Crippen LogP contribution in [0.4, 0.5) is 0 Å². The molecule has 0 unspecified atom stereocenters. The fraction of sp³-hybridized carbons (Fsp3) is 0.917. The molecule has 2 saturated carbocycles. The number of thioether (sulfide) groups is 2. The van der Waals surface area contributed by atoms with Crippen LogP contribution in [0.15, 0.2) is 0 Å². The standard InChI is InChI=1S/C12H19N3S3/c16-12(13-9-4-7-1-2-8(9)3-7)14-15-10-5-17-11(15)6-18-10/h7-11H,1-6H2,(H2,13,14,16)/t7-,8+,9+,10+,11+/m1/s1. The largest absolute Gasteiger partial charge is 0.359 e. The molecular weight excluding hydrogens is 282 g/mol. The van der Waals surface area contributed by atoms with Crippen molar-refractivity contribution in [1.29, 1.82) is 0 Å². The van der Waals surface area contributed by atoms with Crippen molar-refractivity contribution in [3.05, 3.63) is 0 Å². The van der Waals surface area contributed by atoms with Crippen LogP contribution in [0.1, 0.15) is 25.7 Å². The molecule has 2 aliphatic heterocycles. The Morgan fingerprint density at radius 2 is 1.89 bits per heavy atom. The van der Waals surface area contributed by atoms with Gasteiger partial charge in [0.05, 0.1) is 10.7 Å². The van der Waals surface area contributed by atoms with Gasteiger partial charge >= 0.3 is 0 Å². The van der Waals surface area contributed by atoms with E-state index in [1.165, 1.54) is 37.2 Å². The van der Waals surface area contributed by atoms with Crippen molar-refractivity contribution in [3.63, 3.8) is 0 Å². The number of hydrogen-bond donors (Lipinski definition) is 2. The van der Waals surface area contributed by atoms with Crippen LogP contribution in [0.25, 0.3) is 0 Å². The predicted octanol–water partition coefficient (Wildman–Crippen LogP) is 2.00. The van der Waals surface area contributed by atoms with Crippen molar-refractivity contribution in [1.82, 2.24) is 15.8 Å². The van der Waals surface area contributed by atoms with Crippen molar-refractivity contribution in [2.45, 2.75) is 42.5 Å². The third kappa shape index (κ3) is 2.05. The van der Waals surface area contributed by atoms with Gasteiger partial charge in [-0.3, -0.25) is 5.43 Å². The molecule has 0 amide bonds. The highest BCUT2D eigenvalue weighted by atomic mass is 32.2. The lowest BCUT2D eigenvalue weighted by Gasteiger charge is -2.28. The number of fused-ring (bicyclic) bond motifs is 4. The van der Waals surface area contributed by atoms with Gasteiger partial charge in [-0.25, -0.2) is 0 Å². The summed E-state index contributed by atoms with van der Waals surface area (Å²) in [5.41, 5.74) is 3.44. The van der Waals surface area contributed by atoms with Crippen molar-refractivity contribution in [2.24, 2.45) is 11.8 Å². The number of thiocarbonyl (C=S) groups is 1. The van der Waals surface area contributed by atoms with E-state index in [1.54, 1.807) is 0 Å². The van der Waals surface area contributed by atoms with E-state index in [2.05, 4.69) is 39.3 Å². The number of hydrogen-bond acceptors (Lipinski definition) is 4. The Morgan fingerprint density at radius 1 is 1.11 bits per heavy atom. The summed E-state index contributed by atoms with van der Waals surface area (Å²) >= 11 is 9.60. The lowest BCUT2D eigenvalue weighted by atomic mass is 9.96. The van der Waals surface area contributed by atoms with Crippen molar-refractivity contribution in [3.8, 4) is 0 Å². The molecule has 3 nitrogen and oxygen atoms in total. The molecule has 100 valence electrons. The molecule has 2 aliphatic carbocycles. The summed E-state index contributed by atoms with van der Waals surface area (Å²) in [5.74, 6) is 4.33. The van der Waals surface area contributed by atoms with E-state index in [-0.39, 0.29) is 0 Å². The van der Waals surface area contributed by atoms with Gasteiger partial charge in [-0.1, -0.05) is 6.42 Å². The number of nitrogens with zero attached hydrogens (tertiary/aromatic N) is 1. The van der Waals surface area contributed by atoms with Crippen LogP contribution >= 0.6 is 35.7 Å². The molecule has 4 rings (SSSR count). The van der Waals surface area contributed by atoms with Crippen LogP contribution in [0.5, 0.6) is 0 Å². The molecule has 18 heavy (non-hydrogen) atoms. The second-order valence-corrected chi connectivity index (χ2v) is 8.68. The number of hydrazine groups is 1. The summed E-state index contributed by atoms with van der Waals surface area (Å²) in [4.78, 5) is 0. The lowest BCUT2D eigenvalue weighted by Crippen LogP contribution is -2.52. The van der Waals surface area contributed by atoms with E-state index in [4.69, 9.17) is 12.2 Å². The van der Waals surface area contributed by atoms with Gasteiger partial charge in [0.2, 0.25) is 0 Å². The molecule has 4 aliphatic rings. The maximum Gasteiger partial charge on any atom is 0.181 e. The van der Waals surface area contributed by atoms with Crippen LogP contribution in [-0.2, 0) is 0 Å². The van der Waals surface area contributed by atoms with Crippen LogP contribution in [0.2, 0.25) is 0 Å². The highest BCUT2D eigenvalue weighted by molar-refractivity contribution is 8.07. The maximum atomic E-state index is 5.49. The zero-order chi connectivity index (χ0) is 12.1. The minimum atomic E-state index is 0.625. The molecule has 4 bridgehead atoms. The normalized spacial score (nSPS) is 45.7. The molecule has 6 heteroatoms. The second kappa shape index (κ2) is 4.72. The van der Waals surface area contributed by atoms with E-state index in [0.717, 1.165) is 16.9 Å². The Balaban J connectivity index is 1.32. The van der Waals surface area contributed by atoms with Crippen molar-refractivity contribution < 1.29 is 0 Å². The maximum absolute atomic E-state index is 5.49. The van der Waals surface area contributed by atoms with Crippen LogP contribution in [0, 0.1) is 11.8 Å². The van der Waals surface area contributed by atoms with Gasteiger partial charge < -0.3 is 5.32 Å².